The molecule has 3 aliphatic rings. The zero-order chi connectivity index (χ0) is 31.9. The number of Topliss-reactive ketones (excluding diaryl/α,β-unsaturated/α-hetero) is 1. The number of nitrogens with zero attached hydrogens (tertiary/aromatic N) is 6. The Balaban J connectivity index is 0.979. The minimum atomic E-state index is -0.690. The molecule has 0 radical (unpaired) electrons. The van der Waals surface area contributed by atoms with Crippen molar-refractivity contribution in [3.8, 4) is 0 Å². The number of aliphatic hydroxyl groups excluding tert-OH is 1. The van der Waals surface area contributed by atoms with Crippen molar-refractivity contribution < 1.29 is 23.2 Å². The number of rotatable bonds is 7. The van der Waals surface area contributed by atoms with E-state index in [-0.39, 0.29) is 28.9 Å². The van der Waals surface area contributed by atoms with Crippen molar-refractivity contribution in [1.82, 2.24) is 19.6 Å². The van der Waals surface area contributed by atoms with Crippen molar-refractivity contribution in [3.63, 3.8) is 0 Å². The van der Waals surface area contributed by atoms with Gasteiger partial charge in [-0.3, -0.25) is 14.2 Å². The Morgan fingerprint density at radius 3 is 2.46 bits per heavy atom. The average molecular weight is 633 g/mol. The summed E-state index contributed by atoms with van der Waals surface area (Å²) in [6.45, 7) is 6.89. The molecule has 10 nitrogen and oxygen atoms in total. The van der Waals surface area contributed by atoms with E-state index in [0.29, 0.717) is 105 Å². The topological polar surface area (TPSA) is 108 Å². The Kier molecular flexibility index (Phi) is 8.33. The fraction of sp³-hybridized carbons (Fsp3) is 0.471. The largest absolute Gasteiger partial charge is 0.385 e. The number of anilines is 2. The highest BCUT2D eigenvalue weighted by Gasteiger charge is 2.31. The van der Waals surface area contributed by atoms with E-state index in [9.17, 15) is 23.5 Å². The summed E-state index contributed by atoms with van der Waals surface area (Å²) in [6, 6.07) is 8.79. The number of ketones is 1. The van der Waals surface area contributed by atoms with Gasteiger partial charge in [-0.25, -0.2) is 13.8 Å². The molecular weight excluding hydrogens is 594 g/mol. The number of piperazine rings is 1. The fourth-order valence-corrected chi connectivity index (χ4v) is 7.22. The van der Waals surface area contributed by atoms with Crippen LogP contribution in [0.4, 0.5) is 20.3 Å². The van der Waals surface area contributed by atoms with Gasteiger partial charge in [-0.15, -0.1) is 0 Å². The first-order valence-electron chi connectivity index (χ1n) is 16.2. The lowest BCUT2D eigenvalue weighted by atomic mass is 9.87. The lowest BCUT2D eigenvalue weighted by molar-refractivity contribution is 0.0841. The van der Waals surface area contributed by atoms with E-state index in [2.05, 4.69) is 24.8 Å². The summed E-state index contributed by atoms with van der Waals surface area (Å²) in [6.07, 6.45) is 2.65. The predicted molar refractivity (Wildman–Crippen MR) is 169 cm³/mol. The molecule has 0 aliphatic carbocycles. The van der Waals surface area contributed by atoms with Gasteiger partial charge in [-0.05, 0) is 82.4 Å². The van der Waals surface area contributed by atoms with Gasteiger partial charge in [0, 0.05) is 68.1 Å². The Hall–Kier alpha value is -4.16. The van der Waals surface area contributed by atoms with E-state index in [1.54, 1.807) is 16.7 Å². The van der Waals surface area contributed by atoms with Crippen molar-refractivity contribution in [1.29, 1.82) is 0 Å². The van der Waals surface area contributed by atoms with Crippen LogP contribution < -0.4 is 15.4 Å². The van der Waals surface area contributed by atoms with Crippen LogP contribution in [0.25, 0.3) is 11.0 Å². The molecule has 2 saturated heterocycles. The fourth-order valence-electron chi connectivity index (χ4n) is 7.22. The normalized spacial score (nSPS) is 19.5. The molecular formula is C34H38F2N6O4. The number of hydrogen-bond acceptors (Lipinski definition) is 9. The molecule has 7 rings (SSSR count). The molecule has 5 heterocycles. The third-order valence-electron chi connectivity index (χ3n) is 9.85. The number of aliphatic hydroxyl groups is 1. The molecule has 2 fully saturated rings. The van der Waals surface area contributed by atoms with E-state index in [4.69, 9.17) is 4.52 Å². The summed E-state index contributed by atoms with van der Waals surface area (Å²) >= 11 is 0. The van der Waals surface area contributed by atoms with E-state index in [0.717, 1.165) is 24.9 Å². The molecule has 1 atom stereocenters. The summed E-state index contributed by atoms with van der Waals surface area (Å²) in [7, 11) is 0. The molecule has 0 amide bonds. The SMILES string of the molecule is Cc1nc2n(c(=O)c1CCN1CCC(C(=O)c3ccc(F)cc3N3CCN(c4noc5cc(F)ccc45)CC3)CC1)CCCC2O. The molecule has 0 spiro atoms. The third-order valence-corrected chi connectivity index (χ3v) is 9.85. The summed E-state index contributed by atoms with van der Waals surface area (Å²) in [5.41, 5.74) is 2.86. The molecule has 0 bridgehead atoms. The van der Waals surface area contributed by atoms with Gasteiger partial charge >= 0.3 is 0 Å². The van der Waals surface area contributed by atoms with Crippen LogP contribution in [0.15, 0.2) is 45.7 Å². The van der Waals surface area contributed by atoms with Crippen LogP contribution in [-0.2, 0) is 13.0 Å². The summed E-state index contributed by atoms with van der Waals surface area (Å²) < 4.78 is 35.1. The van der Waals surface area contributed by atoms with E-state index in [1.165, 1.54) is 24.3 Å². The number of aryl methyl sites for hydroxylation is 1. The number of likely N-dealkylation sites (tertiary alicyclic amines) is 1. The van der Waals surface area contributed by atoms with Crippen molar-refractivity contribution in [2.75, 3.05) is 55.6 Å². The zero-order valence-electron chi connectivity index (χ0n) is 25.9. The monoisotopic (exact) mass is 632 g/mol. The van der Waals surface area contributed by atoms with Gasteiger partial charge in [0.25, 0.3) is 5.56 Å². The second-order valence-corrected chi connectivity index (χ2v) is 12.7. The maximum atomic E-state index is 14.5. The summed E-state index contributed by atoms with van der Waals surface area (Å²) in [5, 5.41) is 15.2. The number of fused-ring (bicyclic) bond motifs is 2. The van der Waals surface area contributed by atoms with Crippen LogP contribution in [-0.4, -0.2) is 76.3 Å². The van der Waals surface area contributed by atoms with Gasteiger partial charge in [0.1, 0.15) is 23.6 Å². The van der Waals surface area contributed by atoms with Crippen LogP contribution in [0.3, 0.4) is 0 Å². The maximum Gasteiger partial charge on any atom is 0.257 e. The molecule has 0 saturated carbocycles. The van der Waals surface area contributed by atoms with Crippen LogP contribution in [0, 0.1) is 24.5 Å². The van der Waals surface area contributed by atoms with Crippen molar-refractivity contribution in [2.45, 2.75) is 51.7 Å². The Bertz CT molecular complexity index is 1820. The minimum Gasteiger partial charge on any atom is -0.385 e. The molecule has 3 aliphatic heterocycles. The van der Waals surface area contributed by atoms with Crippen LogP contribution >= 0.6 is 0 Å². The molecule has 4 aromatic rings. The zero-order valence-corrected chi connectivity index (χ0v) is 25.9. The maximum absolute atomic E-state index is 14.5. The van der Waals surface area contributed by atoms with E-state index >= 15 is 0 Å². The van der Waals surface area contributed by atoms with Crippen molar-refractivity contribution in [3.05, 3.63) is 81.0 Å². The van der Waals surface area contributed by atoms with Gasteiger partial charge in [-0.2, -0.15) is 0 Å². The quantitative estimate of drug-likeness (QED) is 0.299. The predicted octanol–water partition coefficient (Wildman–Crippen LogP) is 4.26. The van der Waals surface area contributed by atoms with Gasteiger partial charge in [0.05, 0.1) is 11.1 Å². The minimum absolute atomic E-state index is 0.0353. The number of benzene rings is 2. The van der Waals surface area contributed by atoms with Crippen LogP contribution in [0.2, 0.25) is 0 Å². The van der Waals surface area contributed by atoms with Gasteiger partial charge in [0.2, 0.25) is 0 Å². The molecule has 46 heavy (non-hydrogen) atoms. The molecule has 1 N–H and O–H groups in total. The first-order valence-corrected chi connectivity index (χ1v) is 16.2. The second kappa shape index (κ2) is 12.6. The Labute approximate surface area is 265 Å². The Morgan fingerprint density at radius 1 is 0.957 bits per heavy atom. The molecule has 2 aromatic carbocycles. The van der Waals surface area contributed by atoms with E-state index in [1.807, 2.05) is 6.92 Å². The third kappa shape index (κ3) is 5.79. The van der Waals surface area contributed by atoms with Crippen molar-refractivity contribution >= 4 is 28.3 Å². The number of aromatic nitrogens is 3. The smallest absolute Gasteiger partial charge is 0.257 e. The summed E-state index contributed by atoms with van der Waals surface area (Å²) in [4.78, 5) is 38.0. The summed E-state index contributed by atoms with van der Waals surface area (Å²) in [5.74, 6) is 0.229. The second-order valence-electron chi connectivity index (χ2n) is 12.7. The lowest BCUT2D eigenvalue weighted by Crippen LogP contribution is -2.47. The molecule has 2 aromatic heterocycles. The number of piperidine rings is 1. The van der Waals surface area contributed by atoms with E-state index < -0.39 is 6.10 Å². The first kappa shape index (κ1) is 30.5. The van der Waals surface area contributed by atoms with Gasteiger partial charge in [0.15, 0.2) is 17.2 Å². The highest BCUT2D eigenvalue weighted by molar-refractivity contribution is 6.03. The Morgan fingerprint density at radius 2 is 1.67 bits per heavy atom. The number of carbonyl (C=O) groups is 1. The van der Waals surface area contributed by atoms with Crippen LogP contribution in [0.1, 0.15) is 59.2 Å². The first-order chi connectivity index (χ1) is 22.3. The van der Waals surface area contributed by atoms with Crippen LogP contribution in [0.5, 0.6) is 0 Å². The molecule has 12 heteroatoms. The number of halogens is 2. The van der Waals surface area contributed by atoms with Gasteiger partial charge < -0.3 is 24.3 Å². The highest BCUT2D eigenvalue weighted by Crippen LogP contribution is 2.32. The highest BCUT2D eigenvalue weighted by atomic mass is 19.1. The standard InChI is InChI=1S/C34H38F2N6O4/c1-21-25(34(45)42-11-2-3-29(43)33(42)37-21)10-14-39-12-8-22(9-13-39)31(44)26-6-4-23(35)19-28(26)40-15-17-41(18-16-40)32-27-7-5-24(36)20-30(27)46-38-32/h4-7,19-20,22,29,43H,2-3,8-18H2,1H3. The molecule has 242 valence electrons. The van der Waals surface area contributed by atoms with Gasteiger partial charge in [-0.1, -0.05) is 5.16 Å². The molecule has 1 unspecified atom stereocenters. The number of hydrogen-bond donors (Lipinski definition) is 1. The average Bonchev–Trinajstić information content (AvgIpc) is 3.48. The number of carbonyl (C=O) groups excluding carboxylic acids is 1. The van der Waals surface area contributed by atoms with Crippen molar-refractivity contribution in [2.24, 2.45) is 5.92 Å². The lowest BCUT2D eigenvalue weighted by Gasteiger charge is -2.37.